The Balaban J connectivity index is 1.45. The average Bonchev–Trinajstić information content (AvgIpc) is 2.90. The molecule has 2 aliphatic rings. The Kier molecular flexibility index (Phi) is 5.80. The van der Waals surface area contributed by atoms with Gasteiger partial charge >= 0.3 is 0 Å². The van der Waals surface area contributed by atoms with Gasteiger partial charge in [0.1, 0.15) is 63.6 Å². The molecule has 0 saturated carbocycles. The number of ether oxygens (including phenoxy) is 2. The zero-order valence-electron chi connectivity index (χ0n) is 21.0. The van der Waals surface area contributed by atoms with Crippen LogP contribution in [0.2, 0.25) is 0 Å². The maximum absolute atomic E-state index is 13.1. The van der Waals surface area contributed by atoms with Crippen LogP contribution in [0.25, 0.3) is 11.1 Å². The molecule has 0 saturated heterocycles. The van der Waals surface area contributed by atoms with Crippen LogP contribution in [0.4, 0.5) is 0 Å². The van der Waals surface area contributed by atoms with Gasteiger partial charge in [0.05, 0.1) is 18.4 Å². The molecule has 2 heterocycles. The van der Waals surface area contributed by atoms with E-state index >= 15 is 0 Å². The first-order valence-electron chi connectivity index (χ1n) is 12.4. The molecule has 0 fully saturated rings. The Bertz CT molecular complexity index is 1780. The van der Waals surface area contributed by atoms with Crippen LogP contribution in [0.3, 0.4) is 0 Å². The quantitative estimate of drug-likeness (QED) is 0.172. The lowest BCUT2D eigenvalue weighted by molar-refractivity contribution is 0.0834. The number of carbonyl (C=O) groups excluding carboxylic acids is 2. The summed E-state index contributed by atoms with van der Waals surface area (Å²) in [6.07, 6.45) is -2.28. The maximum Gasteiger partial charge on any atom is 0.174 e. The Labute approximate surface area is 231 Å². The lowest BCUT2D eigenvalue weighted by Crippen LogP contribution is -2.21. The first-order valence-corrected chi connectivity index (χ1v) is 12.4. The lowest BCUT2D eigenvalue weighted by Gasteiger charge is -2.29. The molecule has 2 aliphatic heterocycles. The van der Waals surface area contributed by atoms with E-state index in [0.29, 0.717) is 11.1 Å². The Morgan fingerprint density at radius 3 is 1.83 bits per heavy atom. The molecule has 2 atom stereocenters. The minimum absolute atomic E-state index is 0.00106. The molecule has 0 unspecified atom stereocenters. The van der Waals surface area contributed by atoms with Crippen molar-refractivity contribution in [2.75, 3.05) is 0 Å². The Morgan fingerprint density at radius 1 is 0.537 bits per heavy atom. The van der Waals surface area contributed by atoms with Crippen molar-refractivity contribution in [2.24, 2.45) is 0 Å². The monoisotopic (exact) mass is 558 g/mol. The molecule has 11 nitrogen and oxygen atoms in total. The summed E-state index contributed by atoms with van der Waals surface area (Å²) in [4.78, 5) is 26.0. The van der Waals surface area contributed by atoms with Gasteiger partial charge in [-0.1, -0.05) is 12.1 Å². The third-order valence-electron chi connectivity index (χ3n) is 7.17. The smallest absolute Gasteiger partial charge is 0.174 e. The summed E-state index contributed by atoms with van der Waals surface area (Å²) >= 11 is 0. The predicted molar refractivity (Wildman–Crippen MR) is 141 cm³/mol. The highest BCUT2D eigenvalue weighted by Gasteiger charge is 2.36. The number of carbonyl (C=O) groups is 2. The van der Waals surface area contributed by atoms with Crippen molar-refractivity contribution in [2.45, 2.75) is 25.0 Å². The third kappa shape index (κ3) is 4.24. The van der Waals surface area contributed by atoms with Crippen molar-refractivity contribution in [3.63, 3.8) is 0 Å². The number of hydrogen-bond donors (Lipinski definition) is 7. The first-order chi connectivity index (χ1) is 19.5. The number of ketones is 2. The summed E-state index contributed by atoms with van der Waals surface area (Å²) < 4.78 is 12.0. The second-order valence-electron chi connectivity index (χ2n) is 9.82. The van der Waals surface area contributed by atoms with Crippen molar-refractivity contribution in [3.8, 4) is 62.9 Å². The van der Waals surface area contributed by atoms with Crippen LogP contribution < -0.4 is 9.47 Å². The standard InChI is InChI=1S/C30H22O11/c31-14-7-19(35)28-22(38)10-24(40-26(28)8-14)12-1-3-16(32)15(5-12)27-20(36)9-21(37)29-23(39)11-25(41-30(27)29)13-2-4-17(33)18(34)6-13/h1-9,24-25,31-37H,10-11H2/t24-,25-/m0/s1. The molecule has 0 radical (unpaired) electrons. The summed E-state index contributed by atoms with van der Waals surface area (Å²) in [6.45, 7) is 0. The molecular formula is C30H22O11. The number of aromatic hydroxyl groups is 7. The van der Waals surface area contributed by atoms with E-state index < -0.39 is 46.8 Å². The number of phenols is 7. The van der Waals surface area contributed by atoms with Gasteiger partial charge in [0, 0.05) is 23.8 Å². The van der Waals surface area contributed by atoms with E-state index in [-0.39, 0.29) is 63.8 Å². The highest BCUT2D eigenvalue weighted by Crippen LogP contribution is 2.52. The van der Waals surface area contributed by atoms with Gasteiger partial charge in [-0.2, -0.15) is 0 Å². The SMILES string of the molecule is O=C1C[C@@H](c2ccc(O)c(-c3c(O)cc(O)c4c3O[C@H](c3ccc(O)c(O)c3)CC4=O)c2)Oc2cc(O)cc(O)c21. The molecule has 0 aromatic heterocycles. The van der Waals surface area contributed by atoms with Gasteiger partial charge in [0.15, 0.2) is 23.1 Å². The van der Waals surface area contributed by atoms with Gasteiger partial charge in [-0.3, -0.25) is 9.59 Å². The first kappa shape index (κ1) is 25.7. The molecule has 0 amide bonds. The zero-order valence-corrected chi connectivity index (χ0v) is 21.0. The second kappa shape index (κ2) is 9.26. The van der Waals surface area contributed by atoms with E-state index in [1.165, 1.54) is 42.5 Å². The molecule has 0 aliphatic carbocycles. The molecule has 4 aromatic rings. The van der Waals surface area contributed by atoms with E-state index in [9.17, 15) is 45.3 Å². The van der Waals surface area contributed by atoms with E-state index in [1.807, 2.05) is 0 Å². The van der Waals surface area contributed by atoms with Gasteiger partial charge in [-0.15, -0.1) is 0 Å². The van der Waals surface area contributed by atoms with Crippen molar-refractivity contribution in [1.29, 1.82) is 0 Å². The topological polar surface area (TPSA) is 194 Å². The zero-order chi connectivity index (χ0) is 29.2. The van der Waals surface area contributed by atoms with E-state index in [2.05, 4.69) is 0 Å². The fourth-order valence-corrected chi connectivity index (χ4v) is 5.23. The molecule has 0 bridgehead atoms. The van der Waals surface area contributed by atoms with Crippen LogP contribution >= 0.6 is 0 Å². The van der Waals surface area contributed by atoms with Crippen LogP contribution in [-0.4, -0.2) is 47.3 Å². The van der Waals surface area contributed by atoms with E-state index in [1.54, 1.807) is 0 Å². The molecule has 208 valence electrons. The molecular weight excluding hydrogens is 536 g/mol. The number of benzene rings is 4. The average molecular weight is 558 g/mol. The van der Waals surface area contributed by atoms with Crippen LogP contribution in [0.15, 0.2) is 54.6 Å². The maximum atomic E-state index is 13.1. The van der Waals surface area contributed by atoms with Gasteiger partial charge < -0.3 is 45.2 Å². The molecule has 41 heavy (non-hydrogen) atoms. The van der Waals surface area contributed by atoms with Gasteiger partial charge in [-0.25, -0.2) is 0 Å². The molecule has 0 spiro atoms. The minimum Gasteiger partial charge on any atom is -0.508 e. The minimum atomic E-state index is -0.970. The normalized spacial score (nSPS) is 17.8. The summed E-state index contributed by atoms with van der Waals surface area (Å²) in [7, 11) is 0. The lowest BCUT2D eigenvalue weighted by atomic mass is 9.89. The van der Waals surface area contributed by atoms with Crippen molar-refractivity contribution < 1.29 is 54.8 Å². The number of fused-ring (bicyclic) bond motifs is 2. The summed E-state index contributed by atoms with van der Waals surface area (Å²) in [5.41, 5.74) is 0.315. The van der Waals surface area contributed by atoms with Crippen molar-refractivity contribution >= 4 is 11.6 Å². The largest absolute Gasteiger partial charge is 0.508 e. The molecule has 4 aromatic carbocycles. The predicted octanol–water partition coefficient (Wildman–Crippen LogP) is 4.71. The summed E-state index contributed by atoms with van der Waals surface area (Å²) in [5, 5.41) is 71.8. The molecule has 6 rings (SSSR count). The highest BCUT2D eigenvalue weighted by atomic mass is 16.5. The number of Topliss-reactive ketones (excluding diaryl/α,β-unsaturated/α-hetero) is 2. The van der Waals surface area contributed by atoms with Gasteiger partial charge in [0.25, 0.3) is 0 Å². The van der Waals surface area contributed by atoms with Crippen molar-refractivity contribution in [3.05, 3.63) is 76.9 Å². The van der Waals surface area contributed by atoms with E-state index in [0.717, 1.165) is 12.1 Å². The number of rotatable bonds is 3. The summed E-state index contributed by atoms with van der Waals surface area (Å²) in [6, 6.07) is 11.3. The highest BCUT2D eigenvalue weighted by molar-refractivity contribution is 6.06. The fraction of sp³-hybridized carbons (Fsp3) is 0.133. The number of phenolic OH excluding ortho intramolecular Hbond substituents is 7. The van der Waals surface area contributed by atoms with Crippen molar-refractivity contribution in [1.82, 2.24) is 0 Å². The Morgan fingerprint density at radius 2 is 1.12 bits per heavy atom. The van der Waals surface area contributed by atoms with Crippen LogP contribution in [0, 0.1) is 0 Å². The second-order valence-corrected chi connectivity index (χ2v) is 9.82. The number of hydrogen-bond acceptors (Lipinski definition) is 11. The van der Waals surface area contributed by atoms with Crippen LogP contribution in [-0.2, 0) is 0 Å². The fourth-order valence-electron chi connectivity index (χ4n) is 5.23. The summed E-state index contributed by atoms with van der Waals surface area (Å²) in [5.74, 6) is -4.13. The van der Waals surface area contributed by atoms with Crippen LogP contribution in [0.5, 0.6) is 51.7 Å². The third-order valence-corrected chi connectivity index (χ3v) is 7.17. The van der Waals surface area contributed by atoms with Crippen LogP contribution in [0.1, 0.15) is 56.9 Å². The van der Waals surface area contributed by atoms with E-state index in [4.69, 9.17) is 9.47 Å². The molecule has 7 N–H and O–H groups in total. The molecule has 11 heteroatoms. The van der Waals surface area contributed by atoms with Gasteiger partial charge in [0.2, 0.25) is 0 Å². The van der Waals surface area contributed by atoms with Gasteiger partial charge in [-0.05, 0) is 35.4 Å². The Hall–Kier alpha value is -5.58.